The van der Waals surface area contributed by atoms with Crippen LogP contribution in [0.3, 0.4) is 0 Å². The zero-order chi connectivity index (χ0) is 15.4. The van der Waals surface area contributed by atoms with Crippen molar-refractivity contribution < 1.29 is 18.6 Å². The summed E-state index contributed by atoms with van der Waals surface area (Å²) in [5.74, 6) is 1.35. The summed E-state index contributed by atoms with van der Waals surface area (Å²) in [6.07, 6.45) is 0. The predicted octanol–water partition coefficient (Wildman–Crippen LogP) is 2.98. The van der Waals surface area contributed by atoms with Crippen molar-refractivity contribution in [3.63, 3.8) is 0 Å². The molecule has 0 fully saturated rings. The number of hydrogen-bond donors (Lipinski definition) is 1. The van der Waals surface area contributed by atoms with Crippen molar-refractivity contribution in [3.8, 4) is 28.4 Å². The second kappa shape index (κ2) is 6.45. The summed E-state index contributed by atoms with van der Waals surface area (Å²) in [5.41, 5.74) is 7.27. The molecule has 0 aromatic heterocycles. The molecule has 2 N–H and O–H groups in total. The third kappa shape index (κ3) is 2.92. The number of methoxy groups -OCH3 is 3. The van der Waals surface area contributed by atoms with E-state index in [0.29, 0.717) is 33.9 Å². The Balaban J connectivity index is 2.64. The van der Waals surface area contributed by atoms with Crippen LogP contribution in [-0.4, -0.2) is 21.3 Å². The van der Waals surface area contributed by atoms with Crippen LogP contribution in [0.5, 0.6) is 17.2 Å². The quantitative estimate of drug-likeness (QED) is 0.920. The Labute approximate surface area is 123 Å². The minimum absolute atomic E-state index is 0.156. The highest BCUT2D eigenvalue weighted by Gasteiger charge is 2.16. The highest BCUT2D eigenvalue weighted by atomic mass is 19.1. The Morgan fingerprint density at radius 3 is 2.00 bits per heavy atom. The van der Waals surface area contributed by atoms with Crippen molar-refractivity contribution in [1.29, 1.82) is 0 Å². The van der Waals surface area contributed by atoms with E-state index in [0.717, 1.165) is 0 Å². The van der Waals surface area contributed by atoms with Gasteiger partial charge in [0.15, 0.2) is 0 Å². The maximum absolute atomic E-state index is 14.0. The second-order valence-electron chi connectivity index (χ2n) is 4.42. The van der Waals surface area contributed by atoms with E-state index < -0.39 is 0 Å². The molecule has 112 valence electrons. The van der Waals surface area contributed by atoms with Gasteiger partial charge in [0.2, 0.25) is 0 Å². The summed E-state index contributed by atoms with van der Waals surface area (Å²) in [6.45, 7) is 0.156. The number of benzene rings is 2. The number of halogens is 1. The van der Waals surface area contributed by atoms with Crippen molar-refractivity contribution in [1.82, 2.24) is 0 Å². The van der Waals surface area contributed by atoms with Gasteiger partial charge in [-0.25, -0.2) is 4.39 Å². The maximum atomic E-state index is 14.0. The molecule has 21 heavy (non-hydrogen) atoms. The summed E-state index contributed by atoms with van der Waals surface area (Å²) in [5, 5.41) is 0. The van der Waals surface area contributed by atoms with Crippen molar-refractivity contribution in [2.75, 3.05) is 21.3 Å². The zero-order valence-electron chi connectivity index (χ0n) is 12.3. The first kappa shape index (κ1) is 15.1. The summed E-state index contributed by atoms with van der Waals surface area (Å²) in [6, 6.07) is 8.33. The normalized spacial score (nSPS) is 10.3. The number of ether oxygens (including phenoxy) is 3. The van der Waals surface area contributed by atoms with Gasteiger partial charge in [0.05, 0.1) is 26.9 Å². The minimum atomic E-state index is -0.352. The smallest absolute Gasteiger partial charge is 0.134 e. The molecule has 0 spiro atoms. The van der Waals surface area contributed by atoms with Crippen molar-refractivity contribution >= 4 is 0 Å². The van der Waals surface area contributed by atoms with E-state index >= 15 is 0 Å². The molecule has 0 bridgehead atoms. The van der Waals surface area contributed by atoms with Gasteiger partial charge in [-0.05, 0) is 11.6 Å². The molecule has 0 aliphatic carbocycles. The van der Waals surface area contributed by atoms with Gasteiger partial charge >= 0.3 is 0 Å². The van der Waals surface area contributed by atoms with Crippen molar-refractivity contribution in [3.05, 3.63) is 41.7 Å². The van der Waals surface area contributed by atoms with Crippen LogP contribution >= 0.6 is 0 Å². The van der Waals surface area contributed by atoms with Gasteiger partial charge in [-0.1, -0.05) is 12.1 Å². The Bertz CT molecular complexity index is 618. The molecule has 0 aliphatic heterocycles. The molecular formula is C16H18FNO3. The Kier molecular flexibility index (Phi) is 4.65. The first-order valence-corrected chi connectivity index (χ1v) is 6.43. The number of rotatable bonds is 5. The van der Waals surface area contributed by atoms with Crippen LogP contribution < -0.4 is 19.9 Å². The molecule has 2 rings (SSSR count). The number of hydrogen-bond acceptors (Lipinski definition) is 4. The molecule has 0 unspecified atom stereocenters. The Hall–Kier alpha value is -2.27. The highest BCUT2D eigenvalue weighted by Crippen LogP contribution is 2.42. The van der Waals surface area contributed by atoms with Gasteiger partial charge in [-0.3, -0.25) is 0 Å². The topological polar surface area (TPSA) is 53.7 Å². The first-order chi connectivity index (χ1) is 10.1. The van der Waals surface area contributed by atoms with Crippen LogP contribution in [0, 0.1) is 5.82 Å². The highest BCUT2D eigenvalue weighted by molar-refractivity contribution is 5.78. The van der Waals surface area contributed by atoms with Gasteiger partial charge in [0.25, 0.3) is 0 Å². The summed E-state index contributed by atoms with van der Waals surface area (Å²) in [4.78, 5) is 0. The van der Waals surface area contributed by atoms with Crippen LogP contribution in [0.1, 0.15) is 5.56 Å². The minimum Gasteiger partial charge on any atom is -0.496 e. The fourth-order valence-corrected chi connectivity index (χ4v) is 2.16. The lowest BCUT2D eigenvalue weighted by atomic mass is 10.0. The van der Waals surface area contributed by atoms with E-state index in [1.54, 1.807) is 45.6 Å². The molecule has 0 radical (unpaired) electrons. The van der Waals surface area contributed by atoms with E-state index in [1.807, 2.05) is 0 Å². The SMILES string of the molecule is COc1cc(OC)c(-c2ccc(CN)c(F)c2)c(OC)c1. The van der Waals surface area contributed by atoms with Crippen LogP contribution in [0.2, 0.25) is 0 Å². The second-order valence-corrected chi connectivity index (χ2v) is 4.42. The molecule has 0 saturated heterocycles. The van der Waals surface area contributed by atoms with Crippen LogP contribution in [-0.2, 0) is 6.54 Å². The molecule has 4 nitrogen and oxygen atoms in total. The van der Waals surface area contributed by atoms with Gasteiger partial charge < -0.3 is 19.9 Å². The van der Waals surface area contributed by atoms with Gasteiger partial charge in [0.1, 0.15) is 23.1 Å². The number of nitrogens with two attached hydrogens (primary N) is 1. The largest absolute Gasteiger partial charge is 0.496 e. The maximum Gasteiger partial charge on any atom is 0.134 e. The lowest BCUT2D eigenvalue weighted by Gasteiger charge is -2.15. The third-order valence-electron chi connectivity index (χ3n) is 3.28. The molecule has 0 atom stereocenters. The molecule has 2 aromatic carbocycles. The molecule has 5 heteroatoms. The van der Waals surface area contributed by atoms with E-state index in [9.17, 15) is 4.39 Å². The fraction of sp³-hybridized carbons (Fsp3) is 0.250. The molecule has 0 amide bonds. The molecule has 0 aliphatic rings. The van der Waals surface area contributed by atoms with Crippen LogP contribution in [0.25, 0.3) is 11.1 Å². The first-order valence-electron chi connectivity index (χ1n) is 6.43. The van der Waals surface area contributed by atoms with Gasteiger partial charge in [0, 0.05) is 24.2 Å². The van der Waals surface area contributed by atoms with Crippen LogP contribution in [0.4, 0.5) is 4.39 Å². The van der Waals surface area contributed by atoms with Crippen molar-refractivity contribution in [2.24, 2.45) is 5.73 Å². The molecule has 0 heterocycles. The van der Waals surface area contributed by atoms with E-state index in [1.165, 1.54) is 6.07 Å². The Morgan fingerprint density at radius 1 is 0.952 bits per heavy atom. The van der Waals surface area contributed by atoms with E-state index in [4.69, 9.17) is 19.9 Å². The lowest BCUT2D eigenvalue weighted by Crippen LogP contribution is -2.00. The van der Waals surface area contributed by atoms with Gasteiger partial charge in [-0.15, -0.1) is 0 Å². The van der Waals surface area contributed by atoms with Crippen molar-refractivity contribution in [2.45, 2.75) is 6.54 Å². The van der Waals surface area contributed by atoms with Crippen LogP contribution in [0.15, 0.2) is 30.3 Å². The molecule has 2 aromatic rings. The average molecular weight is 291 g/mol. The Morgan fingerprint density at radius 2 is 1.57 bits per heavy atom. The van der Waals surface area contributed by atoms with E-state index in [2.05, 4.69) is 0 Å². The fourth-order valence-electron chi connectivity index (χ4n) is 2.16. The monoisotopic (exact) mass is 291 g/mol. The lowest BCUT2D eigenvalue weighted by molar-refractivity contribution is 0.377. The standard InChI is InChI=1S/C16H18FNO3/c1-19-12-7-14(20-2)16(15(8-12)21-3)10-4-5-11(9-18)13(17)6-10/h4-8H,9,18H2,1-3H3. The summed E-state index contributed by atoms with van der Waals surface area (Å²) >= 11 is 0. The summed E-state index contributed by atoms with van der Waals surface area (Å²) in [7, 11) is 4.65. The third-order valence-corrected chi connectivity index (χ3v) is 3.28. The summed E-state index contributed by atoms with van der Waals surface area (Å²) < 4.78 is 29.9. The average Bonchev–Trinajstić information content (AvgIpc) is 2.53. The molecule has 0 saturated carbocycles. The predicted molar refractivity (Wildman–Crippen MR) is 79.4 cm³/mol. The van der Waals surface area contributed by atoms with E-state index in [-0.39, 0.29) is 12.4 Å². The van der Waals surface area contributed by atoms with Gasteiger partial charge in [-0.2, -0.15) is 0 Å². The molecular weight excluding hydrogens is 273 g/mol. The zero-order valence-corrected chi connectivity index (χ0v) is 12.3.